The summed E-state index contributed by atoms with van der Waals surface area (Å²) in [5, 5.41) is 6.70. The molecule has 0 atom stereocenters. The number of aromatic nitrogens is 1. The summed E-state index contributed by atoms with van der Waals surface area (Å²) < 4.78 is 0. The van der Waals surface area contributed by atoms with E-state index in [1.807, 2.05) is 0 Å². The first kappa shape index (κ1) is 11.3. The maximum absolute atomic E-state index is 12.0. The number of hydrogen-bond acceptors (Lipinski definition) is 3. The van der Waals surface area contributed by atoms with Crippen LogP contribution >= 0.6 is 23.2 Å². The molecule has 0 fully saturated rings. The van der Waals surface area contributed by atoms with Gasteiger partial charge in [-0.3, -0.25) is 4.79 Å². The van der Waals surface area contributed by atoms with Crippen molar-refractivity contribution in [2.45, 2.75) is 0 Å². The van der Waals surface area contributed by atoms with Crippen LogP contribution < -0.4 is 10.6 Å². The summed E-state index contributed by atoms with van der Waals surface area (Å²) in [4.78, 5) is 16.1. The highest BCUT2D eigenvalue weighted by Crippen LogP contribution is 2.32. The van der Waals surface area contributed by atoms with E-state index >= 15 is 0 Å². The second-order valence-corrected chi connectivity index (χ2v) is 4.62. The first-order chi connectivity index (χ1) is 8.63. The minimum Gasteiger partial charge on any atom is -0.338 e. The van der Waals surface area contributed by atoms with Crippen molar-refractivity contribution in [3.63, 3.8) is 0 Å². The first-order valence-electron chi connectivity index (χ1n) is 5.18. The molecule has 2 N–H and O–H groups in total. The molecule has 90 valence electrons. The number of amides is 1. The van der Waals surface area contributed by atoms with Crippen LogP contribution in [0.1, 0.15) is 10.4 Å². The lowest BCUT2D eigenvalue weighted by atomic mass is 10.1. The van der Waals surface area contributed by atoms with Gasteiger partial charge in [0.25, 0.3) is 5.91 Å². The van der Waals surface area contributed by atoms with Gasteiger partial charge in [-0.05, 0) is 30.3 Å². The fraction of sp³-hybridized carbons (Fsp3) is 0. The largest absolute Gasteiger partial charge is 0.338 e. The molecule has 0 saturated heterocycles. The number of benzene rings is 1. The lowest BCUT2D eigenvalue weighted by Crippen LogP contribution is -2.10. The van der Waals surface area contributed by atoms with E-state index in [-0.39, 0.29) is 5.91 Å². The molecule has 1 aliphatic rings. The van der Waals surface area contributed by atoms with E-state index in [0.29, 0.717) is 32.9 Å². The SMILES string of the molecule is O=C1Nc2ccc(Cl)nc2Nc2cc(Cl)ccc21. The Morgan fingerprint density at radius 2 is 1.83 bits per heavy atom. The summed E-state index contributed by atoms with van der Waals surface area (Å²) in [6.07, 6.45) is 0. The van der Waals surface area contributed by atoms with Crippen LogP contribution in [-0.4, -0.2) is 10.9 Å². The van der Waals surface area contributed by atoms with Gasteiger partial charge < -0.3 is 10.6 Å². The molecule has 2 aromatic rings. The minimum atomic E-state index is -0.211. The van der Waals surface area contributed by atoms with Crippen molar-refractivity contribution in [1.29, 1.82) is 0 Å². The van der Waals surface area contributed by atoms with Crippen molar-refractivity contribution in [1.82, 2.24) is 4.98 Å². The second-order valence-electron chi connectivity index (χ2n) is 3.80. The average Bonchev–Trinajstić information content (AvgIpc) is 2.44. The predicted octanol–water partition coefficient (Wildman–Crippen LogP) is 3.70. The molecule has 0 aliphatic carbocycles. The highest BCUT2D eigenvalue weighted by molar-refractivity contribution is 6.31. The van der Waals surface area contributed by atoms with Crippen molar-refractivity contribution in [2.24, 2.45) is 0 Å². The number of nitrogens with one attached hydrogen (secondary N) is 2. The number of rotatable bonds is 0. The fourth-order valence-corrected chi connectivity index (χ4v) is 2.09. The number of pyridine rings is 1. The maximum Gasteiger partial charge on any atom is 0.257 e. The van der Waals surface area contributed by atoms with Crippen molar-refractivity contribution >= 4 is 46.3 Å². The van der Waals surface area contributed by atoms with Crippen molar-refractivity contribution < 1.29 is 4.79 Å². The minimum absolute atomic E-state index is 0.211. The van der Waals surface area contributed by atoms with Gasteiger partial charge in [-0.1, -0.05) is 23.2 Å². The summed E-state index contributed by atoms with van der Waals surface area (Å²) >= 11 is 11.8. The zero-order valence-corrected chi connectivity index (χ0v) is 10.5. The van der Waals surface area contributed by atoms with Crippen LogP contribution in [0.3, 0.4) is 0 Å². The number of hydrogen-bond donors (Lipinski definition) is 2. The van der Waals surface area contributed by atoms with Crippen LogP contribution in [0.2, 0.25) is 10.2 Å². The van der Waals surface area contributed by atoms with Gasteiger partial charge in [0.15, 0.2) is 5.82 Å². The second kappa shape index (κ2) is 4.15. The summed E-state index contributed by atoms with van der Waals surface area (Å²) in [6, 6.07) is 8.31. The standard InChI is InChI=1S/C12H7Cl2N3O/c13-6-1-2-7-9(5-6)15-11-8(16-12(7)18)3-4-10(14)17-11/h1-5H,(H,15,17)(H,16,18). The van der Waals surface area contributed by atoms with Crippen molar-refractivity contribution in [3.05, 3.63) is 46.1 Å². The molecule has 0 bridgehead atoms. The number of carbonyl (C=O) groups is 1. The average molecular weight is 280 g/mol. The zero-order valence-electron chi connectivity index (χ0n) is 9.00. The highest BCUT2D eigenvalue weighted by atomic mass is 35.5. The van der Waals surface area contributed by atoms with E-state index in [1.165, 1.54) is 0 Å². The number of anilines is 3. The topological polar surface area (TPSA) is 54.0 Å². The van der Waals surface area contributed by atoms with Crippen LogP contribution in [0, 0.1) is 0 Å². The Hall–Kier alpha value is -1.78. The highest BCUT2D eigenvalue weighted by Gasteiger charge is 2.19. The Labute approximate surface area is 113 Å². The summed E-state index contributed by atoms with van der Waals surface area (Å²) in [7, 11) is 0. The molecule has 1 aliphatic heterocycles. The smallest absolute Gasteiger partial charge is 0.257 e. The number of halogens is 2. The Bertz CT molecular complexity index is 658. The first-order valence-corrected chi connectivity index (χ1v) is 5.93. The molecule has 1 amide bonds. The third kappa shape index (κ3) is 1.89. The van der Waals surface area contributed by atoms with Crippen LogP contribution in [0.4, 0.5) is 17.2 Å². The maximum atomic E-state index is 12.0. The zero-order chi connectivity index (χ0) is 12.7. The molecule has 4 nitrogen and oxygen atoms in total. The Morgan fingerprint density at radius 1 is 1.00 bits per heavy atom. The quantitative estimate of drug-likeness (QED) is 0.723. The molecule has 3 rings (SSSR count). The summed E-state index contributed by atoms with van der Waals surface area (Å²) in [6.45, 7) is 0. The lowest BCUT2D eigenvalue weighted by Gasteiger charge is -2.07. The van der Waals surface area contributed by atoms with Gasteiger partial charge in [0.1, 0.15) is 5.15 Å². The van der Waals surface area contributed by atoms with Gasteiger partial charge in [-0.2, -0.15) is 0 Å². The molecular weight excluding hydrogens is 273 g/mol. The lowest BCUT2D eigenvalue weighted by molar-refractivity contribution is 0.102. The van der Waals surface area contributed by atoms with E-state index in [1.54, 1.807) is 30.3 Å². The van der Waals surface area contributed by atoms with Gasteiger partial charge >= 0.3 is 0 Å². The van der Waals surface area contributed by atoms with Crippen molar-refractivity contribution in [3.8, 4) is 0 Å². The molecule has 1 aromatic carbocycles. The molecular formula is C12H7Cl2N3O. The molecule has 18 heavy (non-hydrogen) atoms. The Balaban J connectivity index is 2.18. The number of nitrogens with zero attached hydrogens (tertiary/aromatic N) is 1. The monoisotopic (exact) mass is 279 g/mol. The molecule has 6 heteroatoms. The summed E-state index contributed by atoms with van der Waals surface area (Å²) in [5.41, 5.74) is 1.69. The van der Waals surface area contributed by atoms with Crippen LogP contribution in [-0.2, 0) is 0 Å². The predicted molar refractivity (Wildman–Crippen MR) is 71.9 cm³/mol. The molecule has 0 spiro atoms. The number of fused-ring (bicyclic) bond motifs is 2. The molecule has 2 heterocycles. The van der Waals surface area contributed by atoms with Crippen LogP contribution in [0.15, 0.2) is 30.3 Å². The van der Waals surface area contributed by atoms with E-state index in [4.69, 9.17) is 23.2 Å². The molecule has 0 saturated carbocycles. The Morgan fingerprint density at radius 3 is 2.67 bits per heavy atom. The molecule has 1 aromatic heterocycles. The normalized spacial score (nSPS) is 12.9. The van der Waals surface area contributed by atoms with Gasteiger partial charge in [0.2, 0.25) is 0 Å². The van der Waals surface area contributed by atoms with Crippen LogP contribution in [0.25, 0.3) is 0 Å². The fourth-order valence-electron chi connectivity index (χ4n) is 1.77. The third-order valence-corrected chi connectivity index (χ3v) is 3.03. The number of carbonyl (C=O) groups excluding carboxylic acids is 1. The van der Waals surface area contributed by atoms with Gasteiger partial charge in [-0.15, -0.1) is 0 Å². The summed E-state index contributed by atoms with van der Waals surface area (Å²) in [5.74, 6) is 0.286. The molecule has 0 radical (unpaired) electrons. The van der Waals surface area contributed by atoms with Crippen LogP contribution in [0.5, 0.6) is 0 Å². The van der Waals surface area contributed by atoms with E-state index in [0.717, 1.165) is 0 Å². The van der Waals surface area contributed by atoms with E-state index < -0.39 is 0 Å². The van der Waals surface area contributed by atoms with Crippen molar-refractivity contribution in [2.75, 3.05) is 10.6 Å². The van der Waals surface area contributed by atoms with Gasteiger partial charge in [-0.25, -0.2) is 4.98 Å². The Kier molecular flexibility index (Phi) is 2.61. The molecule has 0 unspecified atom stereocenters. The van der Waals surface area contributed by atoms with Gasteiger partial charge in [0, 0.05) is 5.02 Å². The van der Waals surface area contributed by atoms with Gasteiger partial charge in [0.05, 0.1) is 16.9 Å². The van der Waals surface area contributed by atoms with E-state index in [2.05, 4.69) is 15.6 Å². The van der Waals surface area contributed by atoms with E-state index in [9.17, 15) is 4.79 Å². The third-order valence-electron chi connectivity index (χ3n) is 2.59.